The van der Waals surface area contributed by atoms with Crippen molar-refractivity contribution < 1.29 is 31.5 Å². The van der Waals surface area contributed by atoms with Gasteiger partial charge in [-0.25, -0.2) is 13.2 Å². The van der Waals surface area contributed by atoms with Crippen molar-refractivity contribution in [2.75, 3.05) is 5.73 Å². The Kier molecular flexibility index (Phi) is 4.62. The molecule has 148 valence electrons. The summed E-state index contributed by atoms with van der Waals surface area (Å²) in [6, 6.07) is 11.2. The molecule has 0 saturated heterocycles. The molecule has 0 amide bonds. The van der Waals surface area contributed by atoms with Gasteiger partial charge in [0.05, 0.1) is 5.52 Å². The van der Waals surface area contributed by atoms with Crippen LogP contribution in [-0.4, -0.2) is 29.6 Å². The summed E-state index contributed by atoms with van der Waals surface area (Å²) >= 11 is 0. The highest BCUT2D eigenvalue weighted by atomic mass is 32.2. The van der Waals surface area contributed by atoms with Crippen LogP contribution in [0.1, 0.15) is 21.6 Å². The molecule has 0 spiro atoms. The van der Waals surface area contributed by atoms with Crippen LogP contribution in [0.15, 0.2) is 47.4 Å². The van der Waals surface area contributed by atoms with Crippen LogP contribution in [0.25, 0.3) is 10.9 Å². The molecule has 0 aliphatic carbocycles. The Balaban J connectivity index is 2.50. The average Bonchev–Trinajstić information content (AvgIpc) is 2.94. The molecular formula is C18H15F3N2O4S. The first-order valence-corrected chi connectivity index (χ1v) is 9.45. The van der Waals surface area contributed by atoms with Gasteiger partial charge in [0.1, 0.15) is 10.6 Å². The number of fused-ring (bicyclic) bond motifs is 1. The smallest absolute Gasteiger partial charge is 0.477 e. The van der Waals surface area contributed by atoms with E-state index in [1.54, 1.807) is 30.3 Å². The summed E-state index contributed by atoms with van der Waals surface area (Å²) in [7, 11) is -5.97. The third-order valence-corrected chi connectivity index (χ3v) is 5.95. The molecule has 0 saturated carbocycles. The number of aromatic carboxylic acids is 1. The number of halogens is 3. The maximum absolute atomic E-state index is 13.3. The SMILES string of the molecule is Cc1ccc2c(c1N)c(S(=O)(=O)C(F)(F)F)c(C(=O)O)n2Cc1ccccc1. The number of carboxylic acids is 1. The predicted molar refractivity (Wildman–Crippen MR) is 96.8 cm³/mol. The van der Waals surface area contributed by atoms with Gasteiger partial charge in [-0.15, -0.1) is 0 Å². The number of alkyl halides is 3. The molecule has 0 unspecified atom stereocenters. The highest BCUT2D eigenvalue weighted by Crippen LogP contribution is 2.41. The molecule has 0 radical (unpaired) electrons. The number of aryl methyl sites for hydroxylation is 1. The van der Waals surface area contributed by atoms with Gasteiger partial charge >= 0.3 is 11.5 Å². The van der Waals surface area contributed by atoms with Gasteiger partial charge < -0.3 is 15.4 Å². The fraction of sp³-hybridized carbons (Fsp3) is 0.167. The lowest BCUT2D eigenvalue weighted by Crippen LogP contribution is -2.25. The summed E-state index contributed by atoms with van der Waals surface area (Å²) < 4.78 is 65.5. The number of nitrogens with two attached hydrogens (primary N) is 1. The van der Waals surface area contributed by atoms with Crippen LogP contribution in [0.2, 0.25) is 0 Å². The lowest BCUT2D eigenvalue weighted by molar-refractivity contribution is -0.0435. The molecule has 3 N–H and O–H groups in total. The number of sulfone groups is 1. The van der Waals surface area contributed by atoms with Gasteiger partial charge in [0.2, 0.25) is 0 Å². The number of anilines is 1. The number of carboxylic acid groups (broad SMARTS) is 1. The second-order valence-electron chi connectivity index (χ2n) is 6.19. The summed E-state index contributed by atoms with van der Waals surface area (Å²) in [4.78, 5) is 10.5. The van der Waals surface area contributed by atoms with Crippen LogP contribution in [0.3, 0.4) is 0 Å². The summed E-state index contributed by atoms with van der Waals surface area (Å²) in [6.45, 7) is 1.35. The van der Waals surface area contributed by atoms with Crippen molar-refractivity contribution in [1.82, 2.24) is 4.57 Å². The third kappa shape index (κ3) is 2.99. The number of aromatic nitrogens is 1. The van der Waals surface area contributed by atoms with E-state index >= 15 is 0 Å². The molecular weight excluding hydrogens is 397 g/mol. The van der Waals surface area contributed by atoms with Crippen molar-refractivity contribution in [3.8, 4) is 0 Å². The number of hydrogen-bond acceptors (Lipinski definition) is 4. The molecule has 2 aromatic carbocycles. The summed E-state index contributed by atoms with van der Waals surface area (Å²) in [5.41, 5.74) is -0.0696. The minimum absolute atomic E-state index is 0.00724. The van der Waals surface area contributed by atoms with Gasteiger partial charge in [0, 0.05) is 17.6 Å². The van der Waals surface area contributed by atoms with Gasteiger partial charge in [-0.05, 0) is 24.1 Å². The predicted octanol–water partition coefficient (Wildman–Crippen LogP) is 3.57. The number of nitrogen functional groups attached to an aromatic ring is 1. The van der Waals surface area contributed by atoms with E-state index in [0.29, 0.717) is 11.1 Å². The lowest BCUT2D eigenvalue weighted by atomic mass is 10.1. The van der Waals surface area contributed by atoms with E-state index in [9.17, 15) is 31.5 Å². The largest absolute Gasteiger partial charge is 0.502 e. The van der Waals surface area contributed by atoms with E-state index in [1.165, 1.54) is 19.1 Å². The molecule has 28 heavy (non-hydrogen) atoms. The summed E-state index contributed by atoms with van der Waals surface area (Å²) in [5.74, 6) is -1.80. The molecule has 10 heteroatoms. The highest BCUT2D eigenvalue weighted by molar-refractivity contribution is 7.92. The Morgan fingerprint density at radius 1 is 1.14 bits per heavy atom. The average molecular weight is 412 g/mol. The number of nitrogens with zero attached hydrogens (tertiary/aromatic N) is 1. The monoisotopic (exact) mass is 412 g/mol. The Morgan fingerprint density at radius 2 is 1.75 bits per heavy atom. The molecule has 0 bridgehead atoms. The van der Waals surface area contributed by atoms with Gasteiger partial charge in [-0.2, -0.15) is 13.2 Å². The topological polar surface area (TPSA) is 102 Å². The lowest BCUT2D eigenvalue weighted by Gasteiger charge is -2.11. The quantitative estimate of drug-likeness (QED) is 0.638. The normalized spacial score (nSPS) is 12.4. The molecule has 1 heterocycles. The second-order valence-corrected chi connectivity index (χ2v) is 8.07. The van der Waals surface area contributed by atoms with Crippen LogP contribution in [0, 0.1) is 6.92 Å². The zero-order chi connectivity index (χ0) is 20.9. The molecule has 0 aliphatic rings. The highest BCUT2D eigenvalue weighted by Gasteiger charge is 2.51. The van der Waals surface area contributed by atoms with E-state index in [-0.39, 0.29) is 17.7 Å². The summed E-state index contributed by atoms with van der Waals surface area (Å²) in [6.07, 6.45) is 0. The van der Waals surface area contributed by atoms with E-state index in [0.717, 1.165) is 4.57 Å². The van der Waals surface area contributed by atoms with Crippen molar-refractivity contribution in [3.05, 3.63) is 59.3 Å². The molecule has 0 aliphatic heterocycles. The van der Waals surface area contributed by atoms with E-state index in [2.05, 4.69) is 0 Å². The van der Waals surface area contributed by atoms with Crippen molar-refractivity contribution >= 4 is 32.4 Å². The Bertz CT molecular complexity index is 1180. The van der Waals surface area contributed by atoms with Gasteiger partial charge in [-0.3, -0.25) is 0 Å². The summed E-state index contributed by atoms with van der Waals surface area (Å²) in [5, 5.41) is 9.18. The first kappa shape index (κ1) is 19.7. The van der Waals surface area contributed by atoms with Crippen LogP contribution >= 0.6 is 0 Å². The number of rotatable bonds is 4. The molecule has 6 nitrogen and oxygen atoms in total. The molecule has 0 fully saturated rings. The first-order valence-electron chi connectivity index (χ1n) is 7.96. The number of hydrogen-bond donors (Lipinski definition) is 2. The van der Waals surface area contributed by atoms with Crippen molar-refractivity contribution in [3.63, 3.8) is 0 Å². The standard InChI is InChI=1S/C18H15F3N2O4S/c1-10-7-8-12-13(14(10)22)16(28(26,27)18(19,20)21)15(17(24)25)23(12)9-11-5-3-2-4-6-11/h2-8H,9,22H2,1H3,(H,24,25). The van der Waals surface area contributed by atoms with E-state index in [4.69, 9.17) is 5.73 Å². The van der Waals surface area contributed by atoms with Gasteiger partial charge in [-0.1, -0.05) is 36.4 Å². The maximum Gasteiger partial charge on any atom is 0.502 e. The Morgan fingerprint density at radius 3 is 2.29 bits per heavy atom. The minimum Gasteiger partial charge on any atom is -0.477 e. The van der Waals surface area contributed by atoms with Crippen LogP contribution in [-0.2, 0) is 16.4 Å². The fourth-order valence-electron chi connectivity index (χ4n) is 3.06. The Hall–Kier alpha value is -3.01. The van der Waals surface area contributed by atoms with Gasteiger partial charge in [0.25, 0.3) is 9.84 Å². The van der Waals surface area contributed by atoms with Crippen LogP contribution in [0.5, 0.6) is 0 Å². The molecule has 0 atom stereocenters. The van der Waals surface area contributed by atoms with Crippen LogP contribution in [0.4, 0.5) is 18.9 Å². The van der Waals surface area contributed by atoms with Crippen molar-refractivity contribution in [1.29, 1.82) is 0 Å². The minimum atomic E-state index is -5.97. The number of carbonyl (C=O) groups is 1. The maximum atomic E-state index is 13.3. The van der Waals surface area contributed by atoms with Crippen molar-refractivity contribution in [2.24, 2.45) is 0 Å². The molecule has 1 aromatic heterocycles. The molecule has 3 rings (SSSR count). The molecule has 3 aromatic rings. The fourth-order valence-corrected chi connectivity index (χ4v) is 4.22. The van der Waals surface area contributed by atoms with Gasteiger partial charge in [0.15, 0.2) is 0 Å². The zero-order valence-corrected chi connectivity index (χ0v) is 15.3. The van der Waals surface area contributed by atoms with Crippen LogP contribution < -0.4 is 5.73 Å². The zero-order valence-electron chi connectivity index (χ0n) is 14.5. The Labute approximate surface area is 157 Å². The first-order chi connectivity index (χ1) is 13.0. The van der Waals surface area contributed by atoms with Crippen molar-refractivity contribution in [2.45, 2.75) is 23.9 Å². The van der Waals surface area contributed by atoms with E-state index in [1.807, 2.05) is 0 Å². The van der Waals surface area contributed by atoms with E-state index < -0.39 is 37.3 Å². The second kappa shape index (κ2) is 6.55. The third-order valence-electron chi connectivity index (χ3n) is 4.40. The number of benzene rings is 2.